The Morgan fingerprint density at radius 3 is 2.00 bits per heavy atom. The van der Waals surface area contributed by atoms with Crippen molar-refractivity contribution >= 4 is 66.8 Å². The van der Waals surface area contributed by atoms with Crippen molar-refractivity contribution < 1.29 is 0 Å². The standard InChI is InChI=1S/C26H22Cl2N2O2/c1-2-3-6-11-26(27,28)15-9-10-21-17(12-15)25(32)19-14-22-18(13-23(19)30-21)24(31)16-7-4-5-8-20(16)29-22/h4-5,7-10,12-14H,2-3,6,11H2,1H3,(H,29,31)(H,30,32). The van der Waals surface area contributed by atoms with Gasteiger partial charge in [0.1, 0.15) is 4.33 Å². The number of para-hydroxylation sites is 1. The van der Waals surface area contributed by atoms with Gasteiger partial charge < -0.3 is 9.97 Å². The van der Waals surface area contributed by atoms with E-state index < -0.39 is 4.33 Å². The fraction of sp³-hybridized carbons (Fsp3) is 0.231. The minimum Gasteiger partial charge on any atom is -0.354 e. The molecular weight excluding hydrogens is 443 g/mol. The molecule has 0 amide bonds. The van der Waals surface area contributed by atoms with Crippen LogP contribution in [-0.2, 0) is 4.33 Å². The number of nitrogens with one attached hydrogen (secondary N) is 2. The van der Waals surface area contributed by atoms with Gasteiger partial charge in [-0.25, -0.2) is 0 Å². The average Bonchev–Trinajstić information content (AvgIpc) is 2.79. The van der Waals surface area contributed by atoms with Gasteiger partial charge in [0.25, 0.3) is 0 Å². The van der Waals surface area contributed by atoms with E-state index in [9.17, 15) is 9.59 Å². The van der Waals surface area contributed by atoms with E-state index in [0.29, 0.717) is 44.5 Å². The number of hydrogen-bond donors (Lipinski definition) is 2. The molecule has 0 bridgehead atoms. The first-order valence-corrected chi connectivity index (χ1v) is 11.6. The lowest BCUT2D eigenvalue weighted by Crippen LogP contribution is -2.12. The first kappa shape index (κ1) is 21.0. The molecule has 0 saturated heterocycles. The van der Waals surface area contributed by atoms with Gasteiger partial charge >= 0.3 is 0 Å². The number of alkyl halides is 2. The molecule has 0 aliphatic rings. The van der Waals surface area contributed by atoms with Crippen molar-refractivity contribution in [3.8, 4) is 0 Å². The van der Waals surface area contributed by atoms with Gasteiger partial charge in [0.2, 0.25) is 0 Å². The number of benzene rings is 3. The van der Waals surface area contributed by atoms with E-state index in [2.05, 4.69) is 16.9 Å². The number of aromatic nitrogens is 2. The van der Waals surface area contributed by atoms with Crippen molar-refractivity contribution in [3.63, 3.8) is 0 Å². The molecule has 0 fully saturated rings. The fourth-order valence-corrected chi connectivity index (χ4v) is 4.87. The minimum atomic E-state index is -1.04. The summed E-state index contributed by atoms with van der Waals surface area (Å²) < 4.78 is -1.04. The van der Waals surface area contributed by atoms with Crippen LogP contribution in [0.3, 0.4) is 0 Å². The molecule has 0 aliphatic carbocycles. The van der Waals surface area contributed by atoms with Crippen molar-refractivity contribution in [1.29, 1.82) is 0 Å². The quantitative estimate of drug-likeness (QED) is 0.169. The van der Waals surface area contributed by atoms with Crippen LogP contribution in [0.2, 0.25) is 0 Å². The van der Waals surface area contributed by atoms with Crippen molar-refractivity contribution in [2.45, 2.75) is 36.9 Å². The molecule has 0 spiro atoms. The van der Waals surface area contributed by atoms with E-state index in [-0.39, 0.29) is 10.9 Å². The van der Waals surface area contributed by atoms with Crippen LogP contribution in [0.4, 0.5) is 0 Å². The van der Waals surface area contributed by atoms with E-state index in [1.807, 2.05) is 30.3 Å². The molecule has 0 radical (unpaired) electrons. The van der Waals surface area contributed by atoms with E-state index in [4.69, 9.17) is 23.2 Å². The Morgan fingerprint density at radius 1 is 0.719 bits per heavy atom. The third kappa shape index (κ3) is 3.48. The Hall–Kier alpha value is -2.82. The molecule has 4 nitrogen and oxygen atoms in total. The van der Waals surface area contributed by atoms with Crippen molar-refractivity contribution in [1.82, 2.24) is 9.97 Å². The molecule has 2 aromatic heterocycles. The minimum absolute atomic E-state index is 0.0614. The molecule has 32 heavy (non-hydrogen) atoms. The zero-order chi connectivity index (χ0) is 22.5. The third-order valence-electron chi connectivity index (χ3n) is 6.14. The normalized spacial score (nSPS) is 12.3. The molecular formula is C26H22Cl2N2O2. The van der Waals surface area contributed by atoms with Gasteiger partial charge in [0.05, 0.1) is 11.0 Å². The molecule has 0 saturated carbocycles. The Balaban J connectivity index is 1.73. The highest BCUT2D eigenvalue weighted by molar-refractivity contribution is 6.48. The Kier molecular flexibility index (Phi) is 5.23. The van der Waals surface area contributed by atoms with Gasteiger partial charge in [-0.15, -0.1) is 0 Å². The summed E-state index contributed by atoms with van der Waals surface area (Å²) in [6, 6.07) is 16.3. The van der Waals surface area contributed by atoms with Gasteiger partial charge in [-0.2, -0.15) is 0 Å². The first-order valence-electron chi connectivity index (χ1n) is 10.8. The molecule has 3 aromatic carbocycles. The fourth-order valence-electron chi connectivity index (χ4n) is 4.36. The number of pyridine rings is 2. The van der Waals surface area contributed by atoms with E-state index in [0.717, 1.165) is 30.3 Å². The number of rotatable bonds is 5. The predicted octanol–water partition coefficient (Wildman–Crippen LogP) is 6.89. The van der Waals surface area contributed by atoms with Gasteiger partial charge in [-0.1, -0.05) is 67.6 Å². The molecule has 0 atom stereocenters. The number of aromatic amines is 2. The highest BCUT2D eigenvalue weighted by Gasteiger charge is 2.26. The van der Waals surface area contributed by atoms with Crippen LogP contribution in [0.1, 0.15) is 38.2 Å². The summed E-state index contributed by atoms with van der Waals surface area (Å²) in [4.78, 5) is 33.0. The molecule has 2 heterocycles. The number of H-pyrrole nitrogens is 2. The highest BCUT2D eigenvalue weighted by Crippen LogP contribution is 2.39. The third-order valence-corrected chi connectivity index (χ3v) is 6.95. The van der Waals surface area contributed by atoms with E-state index >= 15 is 0 Å². The second-order valence-electron chi connectivity index (χ2n) is 8.32. The number of unbranched alkanes of at least 4 members (excludes halogenated alkanes) is 2. The lowest BCUT2D eigenvalue weighted by Gasteiger charge is -2.20. The zero-order valence-electron chi connectivity index (χ0n) is 17.6. The monoisotopic (exact) mass is 464 g/mol. The Morgan fingerprint density at radius 2 is 1.31 bits per heavy atom. The summed E-state index contributed by atoms with van der Waals surface area (Å²) in [6.45, 7) is 2.13. The SMILES string of the molecule is CCCCCC(Cl)(Cl)c1ccc2[nH]c3cc4c(=O)c5ccccc5[nH]c4cc3c(=O)c2c1. The maximum Gasteiger partial charge on any atom is 0.197 e. The van der Waals surface area contributed by atoms with Crippen molar-refractivity contribution in [2.75, 3.05) is 0 Å². The Bertz CT molecular complexity index is 1620. The first-order chi connectivity index (χ1) is 15.4. The van der Waals surface area contributed by atoms with Crippen LogP contribution >= 0.6 is 23.2 Å². The molecule has 5 rings (SSSR count). The molecule has 0 aliphatic heterocycles. The predicted molar refractivity (Wildman–Crippen MR) is 135 cm³/mol. The second-order valence-corrected chi connectivity index (χ2v) is 9.80. The summed E-state index contributed by atoms with van der Waals surface area (Å²) >= 11 is 13.3. The van der Waals surface area contributed by atoms with Crippen molar-refractivity contribution in [3.05, 3.63) is 80.6 Å². The molecule has 162 valence electrons. The lowest BCUT2D eigenvalue weighted by atomic mass is 10.0. The summed E-state index contributed by atoms with van der Waals surface area (Å²) in [7, 11) is 0. The number of halogens is 2. The Labute approximate surface area is 194 Å². The molecule has 6 heteroatoms. The van der Waals surface area contributed by atoms with Crippen LogP contribution in [-0.4, -0.2) is 9.97 Å². The maximum atomic E-state index is 13.4. The van der Waals surface area contributed by atoms with E-state index in [1.54, 1.807) is 24.3 Å². The number of fused-ring (bicyclic) bond motifs is 4. The topological polar surface area (TPSA) is 65.7 Å². The summed E-state index contributed by atoms with van der Waals surface area (Å²) in [6.07, 6.45) is 3.68. The smallest absolute Gasteiger partial charge is 0.197 e. The van der Waals surface area contributed by atoms with E-state index in [1.165, 1.54) is 0 Å². The zero-order valence-corrected chi connectivity index (χ0v) is 19.1. The maximum absolute atomic E-state index is 13.4. The van der Waals surface area contributed by atoms with Gasteiger partial charge in [-0.3, -0.25) is 9.59 Å². The number of hydrogen-bond acceptors (Lipinski definition) is 2. The average molecular weight is 465 g/mol. The largest absolute Gasteiger partial charge is 0.354 e. The van der Waals surface area contributed by atoms with Gasteiger partial charge in [0.15, 0.2) is 10.9 Å². The van der Waals surface area contributed by atoms with Crippen LogP contribution in [0.25, 0.3) is 43.6 Å². The van der Waals surface area contributed by atoms with Crippen molar-refractivity contribution in [2.24, 2.45) is 0 Å². The second kappa shape index (κ2) is 7.95. The van der Waals surface area contributed by atoms with Crippen LogP contribution in [0.15, 0.2) is 64.2 Å². The summed E-state index contributed by atoms with van der Waals surface area (Å²) in [5.41, 5.74) is 3.21. The summed E-state index contributed by atoms with van der Waals surface area (Å²) in [5.74, 6) is 0. The summed E-state index contributed by atoms with van der Waals surface area (Å²) in [5, 5.41) is 2.20. The molecule has 2 N–H and O–H groups in total. The van der Waals surface area contributed by atoms with Crippen LogP contribution in [0.5, 0.6) is 0 Å². The highest BCUT2D eigenvalue weighted by atomic mass is 35.5. The van der Waals surface area contributed by atoms with Gasteiger partial charge in [0, 0.05) is 32.6 Å². The lowest BCUT2D eigenvalue weighted by molar-refractivity contribution is 0.626. The van der Waals surface area contributed by atoms with Crippen LogP contribution in [0, 0.1) is 0 Å². The molecule has 5 aromatic rings. The van der Waals surface area contributed by atoms with Gasteiger partial charge in [-0.05, 0) is 48.4 Å². The molecule has 0 unspecified atom stereocenters. The van der Waals surface area contributed by atoms with Crippen LogP contribution < -0.4 is 10.9 Å².